The van der Waals surface area contributed by atoms with Crippen LogP contribution in [0.2, 0.25) is 0 Å². The lowest BCUT2D eigenvalue weighted by atomic mass is 10.1. The normalized spacial score (nSPS) is 12.0. The molecule has 2 rings (SSSR count). The molecule has 2 aromatic rings. The van der Waals surface area contributed by atoms with Crippen LogP contribution in [0.4, 0.5) is 5.69 Å². The van der Waals surface area contributed by atoms with E-state index in [-0.39, 0.29) is 23.1 Å². The van der Waals surface area contributed by atoms with Gasteiger partial charge < -0.3 is 20.1 Å². The van der Waals surface area contributed by atoms with Crippen LogP contribution in [0.5, 0.6) is 0 Å². The van der Waals surface area contributed by atoms with E-state index in [0.29, 0.717) is 29.9 Å². The van der Waals surface area contributed by atoms with Gasteiger partial charge in [-0.15, -0.1) is 0 Å². The van der Waals surface area contributed by atoms with Crippen LogP contribution < -0.4 is 16.2 Å². The number of hydrogen-bond donors (Lipinski definition) is 2. The van der Waals surface area contributed by atoms with Gasteiger partial charge in [0.1, 0.15) is 5.56 Å². The SMILES string of the molecule is CCCNC(=O)c1ccc(C)c(NC(=O)c2c(C)ccn(C(C)CN(C)C)c2=O)c1. The summed E-state index contributed by atoms with van der Waals surface area (Å²) in [6, 6.07) is 6.85. The van der Waals surface area contributed by atoms with E-state index < -0.39 is 5.91 Å². The van der Waals surface area contributed by atoms with Crippen LogP contribution in [0.15, 0.2) is 35.3 Å². The summed E-state index contributed by atoms with van der Waals surface area (Å²) in [4.78, 5) is 40.3. The molecule has 7 heteroatoms. The molecule has 0 spiro atoms. The Morgan fingerprint density at radius 2 is 1.80 bits per heavy atom. The highest BCUT2D eigenvalue weighted by Crippen LogP contribution is 2.18. The Labute approximate surface area is 178 Å². The van der Waals surface area contributed by atoms with Crippen molar-refractivity contribution in [2.45, 2.75) is 40.2 Å². The molecular formula is C23H32N4O3. The van der Waals surface area contributed by atoms with Crippen LogP contribution >= 0.6 is 0 Å². The number of hydrogen-bond acceptors (Lipinski definition) is 4. The monoisotopic (exact) mass is 412 g/mol. The van der Waals surface area contributed by atoms with E-state index in [0.717, 1.165) is 12.0 Å². The number of carbonyl (C=O) groups excluding carboxylic acids is 2. The van der Waals surface area contributed by atoms with E-state index in [4.69, 9.17) is 0 Å². The Kier molecular flexibility index (Phi) is 7.94. The minimum atomic E-state index is -0.474. The lowest BCUT2D eigenvalue weighted by molar-refractivity contribution is 0.0952. The van der Waals surface area contributed by atoms with Crippen LogP contribution in [0, 0.1) is 13.8 Å². The lowest BCUT2D eigenvalue weighted by Gasteiger charge is -2.20. The number of benzene rings is 1. The predicted molar refractivity (Wildman–Crippen MR) is 120 cm³/mol. The molecule has 2 amide bonds. The molecule has 30 heavy (non-hydrogen) atoms. The molecule has 0 radical (unpaired) electrons. The summed E-state index contributed by atoms with van der Waals surface area (Å²) in [5.41, 5.74) is 2.19. The van der Waals surface area contributed by atoms with Gasteiger partial charge in [-0.1, -0.05) is 13.0 Å². The van der Waals surface area contributed by atoms with Gasteiger partial charge in [-0.25, -0.2) is 0 Å². The molecule has 1 unspecified atom stereocenters. The molecule has 0 aliphatic heterocycles. The average Bonchev–Trinajstić information content (AvgIpc) is 2.67. The number of rotatable bonds is 8. The highest BCUT2D eigenvalue weighted by atomic mass is 16.2. The number of amides is 2. The molecule has 0 bridgehead atoms. The van der Waals surface area contributed by atoms with E-state index in [1.807, 2.05) is 39.8 Å². The van der Waals surface area contributed by atoms with Gasteiger partial charge in [-0.3, -0.25) is 14.4 Å². The fourth-order valence-electron chi connectivity index (χ4n) is 3.30. The van der Waals surface area contributed by atoms with E-state index in [2.05, 4.69) is 10.6 Å². The van der Waals surface area contributed by atoms with Gasteiger partial charge in [0.05, 0.1) is 0 Å². The molecule has 2 N–H and O–H groups in total. The summed E-state index contributed by atoms with van der Waals surface area (Å²) in [5, 5.41) is 5.65. The Morgan fingerprint density at radius 3 is 2.43 bits per heavy atom. The van der Waals surface area contributed by atoms with Gasteiger partial charge in [0.15, 0.2) is 0 Å². The van der Waals surface area contributed by atoms with Crippen molar-refractivity contribution in [3.05, 3.63) is 63.1 Å². The number of pyridine rings is 1. The zero-order valence-electron chi connectivity index (χ0n) is 18.7. The second-order valence-corrected chi connectivity index (χ2v) is 7.94. The van der Waals surface area contributed by atoms with Crippen molar-refractivity contribution in [3.63, 3.8) is 0 Å². The minimum Gasteiger partial charge on any atom is -0.352 e. The van der Waals surface area contributed by atoms with Crippen LogP contribution in [0.25, 0.3) is 0 Å². The molecule has 0 aliphatic rings. The number of likely N-dealkylation sites (N-methyl/N-ethyl adjacent to an activating group) is 1. The standard InChI is InChI=1S/C23H32N4O3/c1-7-11-24-21(28)18-9-8-15(2)19(13-18)25-22(29)20-16(3)10-12-27(23(20)30)17(4)14-26(5)6/h8-10,12-13,17H,7,11,14H2,1-6H3,(H,24,28)(H,25,29). The molecule has 1 heterocycles. The maximum absolute atomic E-state index is 13.0. The van der Waals surface area contributed by atoms with Crippen molar-refractivity contribution in [3.8, 4) is 0 Å². The van der Waals surface area contributed by atoms with Crippen molar-refractivity contribution in [1.82, 2.24) is 14.8 Å². The van der Waals surface area contributed by atoms with Crippen molar-refractivity contribution in [1.29, 1.82) is 0 Å². The minimum absolute atomic E-state index is 0.0769. The van der Waals surface area contributed by atoms with Crippen LogP contribution in [0.3, 0.4) is 0 Å². The van der Waals surface area contributed by atoms with Crippen molar-refractivity contribution < 1.29 is 9.59 Å². The number of nitrogens with zero attached hydrogens (tertiary/aromatic N) is 2. The number of nitrogens with one attached hydrogen (secondary N) is 2. The number of aryl methyl sites for hydroxylation is 2. The zero-order valence-corrected chi connectivity index (χ0v) is 18.7. The molecule has 7 nitrogen and oxygen atoms in total. The summed E-state index contributed by atoms with van der Waals surface area (Å²) < 4.78 is 1.59. The topological polar surface area (TPSA) is 83.4 Å². The molecule has 162 valence electrons. The van der Waals surface area contributed by atoms with E-state index >= 15 is 0 Å². The number of carbonyl (C=O) groups is 2. The van der Waals surface area contributed by atoms with Crippen molar-refractivity contribution in [2.75, 3.05) is 32.5 Å². The third kappa shape index (κ3) is 5.57. The largest absolute Gasteiger partial charge is 0.352 e. The van der Waals surface area contributed by atoms with Crippen LogP contribution in [0.1, 0.15) is 58.2 Å². The molecule has 1 atom stereocenters. The van der Waals surface area contributed by atoms with Gasteiger partial charge in [0, 0.05) is 36.6 Å². The first-order valence-corrected chi connectivity index (χ1v) is 10.2. The first kappa shape index (κ1) is 23.3. The highest BCUT2D eigenvalue weighted by Gasteiger charge is 2.19. The quantitative estimate of drug-likeness (QED) is 0.698. The summed E-state index contributed by atoms with van der Waals surface area (Å²) in [5.74, 6) is -0.666. The third-order valence-electron chi connectivity index (χ3n) is 4.94. The second-order valence-electron chi connectivity index (χ2n) is 7.94. The molecule has 1 aromatic heterocycles. The molecule has 0 fully saturated rings. The van der Waals surface area contributed by atoms with Gasteiger partial charge in [0.25, 0.3) is 17.4 Å². The fraction of sp³-hybridized carbons (Fsp3) is 0.435. The molecular weight excluding hydrogens is 380 g/mol. The summed E-state index contributed by atoms with van der Waals surface area (Å²) >= 11 is 0. The smallest absolute Gasteiger partial charge is 0.263 e. The van der Waals surface area contributed by atoms with E-state index in [9.17, 15) is 14.4 Å². The molecule has 0 saturated heterocycles. The summed E-state index contributed by atoms with van der Waals surface area (Å²) in [7, 11) is 3.88. The van der Waals surface area contributed by atoms with Crippen molar-refractivity contribution in [2.24, 2.45) is 0 Å². The predicted octanol–water partition coefficient (Wildman–Crippen LogP) is 2.98. The Morgan fingerprint density at radius 1 is 1.10 bits per heavy atom. The average molecular weight is 413 g/mol. The molecule has 1 aromatic carbocycles. The van der Waals surface area contributed by atoms with Crippen molar-refractivity contribution >= 4 is 17.5 Å². The Balaban J connectivity index is 2.34. The zero-order chi connectivity index (χ0) is 22.4. The van der Waals surface area contributed by atoms with Gasteiger partial charge in [-0.05, 0) is 70.6 Å². The molecule has 0 aliphatic carbocycles. The fourth-order valence-corrected chi connectivity index (χ4v) is 3.30. The Hall–Kier alpha value is -2.93. The van der Waals surface area contributed by atoms with E-state index in [1.54, 1.807) is 42.0 Å². The maximum atomic E-state index is 13.0. The molecule has 0 saturated carbocycles. The van der Waals surface area contributed by atoms with Gasteiger partial charge >= 0.3 is 0 Å². The first-order chi connectivity index (χ1) is 14.1. The summed E-state index contributed by atoms with van der Waals surface area (Å²) in [6.07, 6.45) is 2.57. The second kappa shape index (κ2) is 10.2. The van der Waals surface area contributed by atoms with E-state index in [1.165, 1.54) is 0 Å². The van der Waals surface area contributed by atoms with Crippen LogP contribution in [-0.2, 0) is 0 Å². The maximum Gasteiger partial charge on any atom is 0.263 e. The lowest BCUT2D eigenvalue weighted by Crippen LogP contribution is -2.35. The third-order valence-corrected chi connectivity index (χ3v) is 4.94. The highest BCUT2D eigenvalue weighted by molar-refractivity contribution is 6.06. The Bertz CT molecular complexity index is 979. The van der Waals surface area contributed by atoms with Gasteiger partial charge in [-0.2, -0.15) is 0 Å². The number of aromatic nitrogens is 1. The number of anilines is 1. The van der Waals surface area contributed by atoms with Crippen LogP contribution in [-0.4, -0.2) is 48.5 Å². The van der Waals surface area contributed by atoms with Gasteiger partial charge in [0.2, 0.25) is 0 Å². The first-order valence-electron chi connectivity index (χ1n) is 10.2. The summed E-state index contributed by atoms with van der Waals surface area (Å²) in [6.45, 7) is 8.79.